The maximum atomic E-state index is 13.2. The van der Waals surface area contributed by atoms with Crippen LogP contribution in [0.5, 0.6) is 0 Å². The molecule has 154 valence electrons. The van der Waals surface area contributed by atoms with Crippen LogP contribution in [0.2, 0.25) is 0 Å². The summed E-state index contributed by atoms with van der Waals surface area (Å²) in [5, 5.41) is 10.5. The van der Waals surface area contributed by atoms with Crippen molar-refractivity contribution in [3.8, 4) is 0 Å². The Morgan fingerprint density at radius 1 is 1.29 bits per heavy atom. The minimum Gasteiger partial charge on any atom is -0.324 e. The summed E-state index contributed by atoms with van der Waals surface area (Å²) in [7, 11) is -0.619. The van der Waals surface area contributed by atoms with Crippen LogP contribution in [-0.2, 0) is 20.4 Å². The number of piperidine rings is 1. The number of aryl methyl sites for hydroxylation is 1. The van der Waals surface area contributed by atoms with Crippen molar-refractivity contribution in [2.24, 2.45) is 0 Å². The molecule has 1 aliphatic heterocycles. The van der Waals surface area contributed by atoms with Crippen LogP contribution in [-0.4, -0.2) is 55.6 Å². The monoisotopic (exact) mass is 427 g/mol. The van der Waals surface area contributed by atoms with Gasteiger partial charge in [-0.3, -0.25) is 9.48 Å². The van der Waals surface area contributed by atoms with E-state index < -0.39 is 15.6 Å². The molecule has 0 radical (unpaired) electrons. The van der Waals surface area contributed by atoms with Crippen molar-refractivity contribution in [2.45, 2.75) is 30.2 Å². The Hall–Kier alpha value is -1.94. The van der Waals surface area contributed by atoms with Crippen LogP contribution < -0.4 is 10.6 Å². The Morgan fingerprint density at radius 3 is 2.54 bits per heavy atom. The fourth-order valence-corrected chi connectivity index (χ4v) is 4.47. The van der Waals surface area contributed by atoms with E-state index in [0.29, 0.717) is 37.2 Å². The highest BCUT2D eigenvalue weighted by Gasteiger charge is 2.42. The molecule has 1 fully saturated rings. The fourth-order valence-electron chi connectivity index (χ4n) is 3.32. The highest BCUT2D eigenvalue weighted by atomic mass is 35.5. The quantitative estimate of drug-likeness (QED) is 0.755. The van der Waals surface area contributed by atoms with Crippen molar-refractivity contribution < 1.29 is 13.2 Å². The normalized spacial score (nSPS) is 16.4. The largest absolute Gasteiger partial charge is 0.324 e. The number of halogens is 1. The zero-order valence-electron chi connectivity index (χ0n) is 16.2. The van der Waals surface area contributed by atoms with Crippen LogP contribution in [0.1, 0.15) is 18.4 Å². The SMILES string of the molecule is Cc1ccc(NC(=O)C2(n3cccn3)CCNCC2)cc1S(=O)(=O)N(C)C.Cl. The molecule has 2 aromatic rings. The molecule has 10 heteroatoms. The third-order valence-electron chi connectivity index (χ3n) is 5.00. The predicted octanol–water partition coefficient (Wildman–Crippen LogP) is 1.58. The van der Waals surface area contributed by atoms with E-state index in [1.807, 2.05) is 0 Å². The summed E-state index contributed by atoms with van der Waals surface area (Å²) in [6.07, 6.45) is 4.66. The summed E-state index contributed by atoms with van der Waals surface area (Å²) >= 11 is 0. The van der Waals surface area contributed by atoms with Gasteiger partial charge in [-0.05, 0) is 56.6 Å². The molecule has 3 rings (SSSR count). The number of aromatic nitrogens is 2. The zero-order chi connectivity index (χ0) is 19.7. The van der Waals surface area contributed by atoms with Crippen molar-refractivity contribution in [3.63, 3.8) is 0 Å². The summed E-state index contributed by atoms with van der Waals surface area (Å²) in [4.78, 5) is 13.4. The molecule has 2 N–H and O–H groups in total. The van der Waals surface area contributed by atoms with Gasteiger partial charge in [-0.25, -0.2) is 12.7 Å². The molecule has 1 saturated heterocycles. The summed E-state index contributed by atoms with van der Waals surface area (Å²) < 4.78 is 27.9. The van der Waals surface area contributed by atoms with Gasteiger partial charge in [0.1, 0.15) is 5.54 Å². The van der Waals surface area contributed by atoms with Gasteiger partial charge in [0.15, 0.2) is 0 Å². The first-order valence-electron chi connectivity index (χ1n) is 8.83. The number of anilines is 1. The lowest BCUT2D eigenvalue weighted by molar-refractivity contribution is -0.126. The maximum absolute atomic E-state index is 13.2. The van der Waals surface area contributed by atoms with Gasteiger partial charge in [-0.15, -0.1) is 12.4 Å². The number of benzene rings is 1. The van der Waals surface area contributed by atoms with E-state index in [0.717, 1.165) is 0 Å². The number of nitrogens with zero attached hydrogens (tertiary/aromatic N) is 3. The number of nitrogens with one attached hydrogen (secondary N) is 2. The molecular formula is C18H26ClN5O3S. The van der Waals surface area contributed by atoms with Gasteiger partial charge in [0.05, 0.1) is 4.90 Å². The van der Waals surface area contributed by atoms with Crippen molar-refractivity contribution in [2.75, 3.05) is 32.5 Å². The molecule has 1 aromatic carbocycles. The van der Waals surface area contributed by atoms with Gasteiger partial charge < -0.3 is 10.6 Å². The smallest absolute Gasteiger partial charge is 0.252 e. The van der Waals surface area contributed by atoms with Gasteiger partial charge in [-0.1, -0.05) is 6.07 Å². The molecule has 0 saturated carbocycles. The third kappa shape index (κ3) is 4.07. The molecule has 0 atom stereocenters. The lowest BCUT2D eigenvalue weighted by Gasteiger charge is -2.36. The Bertz CT molecular complexity index is 923. The average molecular weight is 428 g/mol. The van der Waals surface area contributed by atoms with E-state index in [-0.39, 0.29) is 23.2 Å². The Balaban J connectivity index is 0.00000280. The number of rotatable bonds is 5. The maximum Gasteiger partial charge on any atom is 0.252 e. The number of carbonyl (C=O) groups is 1. The second-order valence-corrected chi connectivity index (χ2v) is 9.07. The molecule has 28 heavy (non-hydrogen) atoms. The Morgan fingerprint density at radius 2 is 1.96 bits per heavy atom. The Labute approximate surface area is 171 Å². The molecule has 0 aliphatic carbocycles. The van der Waals surface area contributed by atoms with Gasteiger partial charge in [0, 0.05) is 32.2 Å². The molecule has 1 aliphatic rings. The lowest BCUT2D eigenvalue weighted by Crippen LogP contribution is -2.52. The fraction of sp³-hybridized carbons (Fsp3) is 0.444. The number of amides is 1. The predicted molar refractivity (Wildman–Crippen MR) is 110 cm³/mol. The third-order valence-corrected chi connectivity index (χ3v) is 6.96. The molecule has 0 unspecified atom stereocenters. The second kappa shape index (κ2) is 8.60. The van der Waals surface area contributed by atoms with Gasteiger partial charge in [0.2, 0.25) is 10.0 Å². The van der Waals surface area contributed by atoms with E-state index in [1.165, 1.54) is 24.5 Å². The van der Waals surface area contributed by atoms with Gasteiger partial charge in [0.25, 0.3) is 5.91 Å². The lowest BCUT2D eigenvalue weighted by atomic mass is 9.87. The van der Waals surface area contributed by atoms with Gasteiger partial charge >= 0.3 is 0 Å². The topological polar surface area (TPSA) is 96.3 Å². The molecule has 1 aromatic heterocycles. The molecule has 8 nitrogen and oxygen atoms in total. The number of carbonyl (C=O) groups excluding carboxylic acids is 1. The number of hydrogen-bond donors (Lipinski definition) is 2. The molecule has 1 amide bonds. The van der Waals surface area contributed by atoms with E-state index in [9.17, 15) is 13.2 Å². The second-order valence-electron chi connectivity index (χ2n) is 6.95. The zero-order valence-corrected chi connectivity index (χ0v) is 17.8. The first kappa shape index (κ1) is 22.4. The van der Waals surface area contributed by atoms with Crippen LogP contribution in [0.3, 0.4) is 0 Å². The first-order chi connectivity index (χ1) is 12.8. The molecular weight excluding hydrogens is 402 g/mol. The summed E-state index contributed by atoms with van der Waals surface area (Å²) in [6.45, 7) is 3.16. The van der Waals surface area contributed by atoms with Crippen LogP contribution in [0, 0.1) is 6.92 Å². The first-order valence-corrected chi connectivity index (χ1v) is 10.3. The van der Waals surface area contributed by atoms with Crippen LogP contribution >= 0.6 is 12.4 Å². The van der Waals surface area contributed by atoms with Crippen LogP contribution in [0.15, 0.2) is 41.6 Å². The van der Waals surface area contributed by atoms with Crippen molar-refractivity contribution in [3.05, 3.63) is 42.2 Å². The van der Waals surface area contributed by atoms with E-state index in [2.05, 4.69) is 15.7 Å². The van der Waals surface area contributed by atoms with Crippen LogP contribution in [0.4, 0.5) is 5.69 Å². The minimum absolute atomic E-state index is 0. The summed E-state index contributed by atoms with van der Waals surface area (Å²) in [5.74, 6) is -0.190. The van der Waals surface area contributed by atoms with Gasteiger partial charge in [-0.2, -0.15) is 5.10 Å². The highest BCUT2D eigenvalue weighted by Crippen LogP contribution is 2.30. The highest BCUT2D eigenvalue weighted by molar-refractivity contribution is 7.89. The van der Waals surface area contributed by atoms with Crippen molar-refractivity contribution >= 4 is 34.0 Å². The van der Waals surface area contributed by atoms with E-state index in [4.69, 9.17) is 0 Å². The standard InChI is InChI=1S/C18H25N5O3S.ClH/c1-14-5-6-15(13-16(14)27(25,26)22(2)3)21-17(24)18(7-10-19-11-8-18)23-12-4-9-20-23;/h4-6,9,12-13,19H,7-8,10-11H2,1-3H3,(H,21,24);1H. The minimum atomic E-state index is -3.59. The number of hydrogen-bond acceptors (Lipinski definition) is 5. The van der Waals surface area contributed by atoms with Crippen molar-refractivity contribution in [1.82, 2.24) is 19.4 Å². The molecule has 2 heterocycles. The summed E-state index contributed by atoms with van der Waals surface area (Å²) in [6, 6.07) is 6.74. The van der Waals surface area contributed by atoms with Crippen LogP contribution in [0.25, 0.3) is 0 Å². The Kier molecular flexibility index (Phi) is 6.87. The molecule has 0 bridgehead atoms. The summed E-state index contributed by atoms with van der Waals surface area (Å²) in [5.41, 5.74) is 0.293. The average Bonchev–Trinajstić information content (AvgIpc) is 3.18. The molecule has 0 spiro atoms. The van der Waals surface area contributed by atoms with Crippen molar-refractivity contribution in [1.29, 1.82) is 0 Å². The van der Waals surface area contributed by atoms with E-state index in [1.54, 1.807) is 42.2 Å². The number of sulfonamides is 1. The van der Waals surface area contributed by atoms with E-state index >= 15 is 0 Å².